The van der Waals surface area contributed by atoms with Crippen LogP contribution < -0.4 is 0 Å². The van der Waals surface area contributed by atoms with Crippen LogP contribution in [0.5, 0.6) is 0 Å². The van der Waals surface area contributed by atoms with Crippen molar-refractivity contribution >= 4 is 5.78 Å². The minimum absolute atomic E-state index is 0.411. The highest BCUT2D eigenvalue weighted by Crippen LogP contribution is 2.54. The third kappa shape index (κ3) is 2.80. The Balaban J connectivity index is 5.97. The lowest BCUT2D eigenvalue weighted by Gasteiger charge is -2.34. The van der Waals surface area contributed by atoms with Crippen LogP contribution in [0.4, 0.5) is 48.3 Å². The van der Waals surface area contributed by atoms with Crippen molar-refractivity contribution in [3.63, 3.8) is 0 Å². The third-order valence-corrected chi connectivity index (χ3v) is 2.46. The van der Waals surface area contributed by atoms with Crippen molar-refractivity contribution in [1.82, 2.24) is 0 Å². The van der Waals surface area contributed by atoms with Crippen molar-refractivity contribution in [2.75, 3.05) is 0 Å². The zero-order valence-electron chi connectivity index (χ0n) is 10.1. The summed E-state index contributed by atoms with van der Waals surface area (Å²) in [6, 6.07) is 0. The first-order chi connectivity index (χ1) is 8.85. The molecule has 0 saturated carbocycles. The van der Waals surface area contributed by atoms with Gasteiger partial charge in [0.15, 0.2) is 0 Å². The molecule has 0 bridgehead atoms. The maximum absolute atomic E-state index is 13.0. The molecule has 0 aliphatic rings. The quantitative estimate of drug-likeness (QED) is 0.682. The standard InChI is InChI=1S/C9H7F11O/c1-3(2)5(10,11)4(21)6(12,13)7(14,15)8(16,17)9(18,19)20/h3H,1-2H3. The van der Waals surface area contributed by atoms with E-state index in [1.54, 1.807) is 0 Å². The lowest BCUT2D eigenvalue weighted by atomic mass is 9.91. The molecular formula is C9H7F11O. The summed E-state index contributed by atoms with van der Waals surface area (Å²) < 4.78 is 137. The van der Waals surface area contributed by atoms with Crippen LogP contribution in [0.25, 0.3) is 0 Å². The normalized spacial score (nSPS) is 15.5. The highest BCUT2D eigenvalue weighted by atomic mass is 19.4. The third-order valence-electron chi connectivity index (χ3n) is 2.46. The fourth-order valence-corrected chi connectivity index (χ4v) is 0.989. The van der Waals surface area contributed by atoms with Gasteiger partial charge in [-0.3, -0.25) is 4.79 Å². The number of hydrogen-bond donors (Lipinski definition) is 0. The lowest BCUT2D eigenvalue weighted by Crippen LogP contribution is -2.66. The maximum atomic E-state index is 13.0. The molecule has 0 aromatic carbocycles. The van der Waals surface area contributed by atoms with Crippen molar-refractivity contribution in [1.29, 1.82) is 0 Å². The SMILES string of the molecule is CC(C)C(F)(F)C(=O)C(F)(F)C(F)(F)C(F)(F)C(F)(F)F. The Morgan fingerprint density at radius 2 is 1.05 bits per heavy atom. The van der Waals surface area contributed by atoms with Gasteiger partial charge in [-0.2, -0.15) is 48.3 Å². The minimum Gasteiger partial charge on any atom is -0.286 e. The van der Waals surface area contributed by atoms with E-state index in [1.165, 1.54) is 0 Å². The summed E-state index contributed by atoms with van der Waals surface area (Å²) in [4.78, 5) is 10.7. The zero-order valence-corrected chi connectivity index (χ0v) is 10.1. The minimum atomic E-state index is -7.38. The predicted octanol–water partition coefficient (Wildman–Crippen LogP) is 4.32. The Morgan fingerprint density at radius 1 is 0.714 bits per heavy atom. The molecule has 0 aliphatic carbocycles. The zero-order chi connectivity index (χ0) is 17.7. The molecule has 126 valence electrons. The summed E-state index contributed by atoms with van der Waals surface area (Å²) >= 11 is 0. The number of hydrogen-bond acceptors (Lipinski definition) is 1. The van der Waals surface area contributed by atoms with E-state index in [9.17, 15) is 53.1 Å². The second kappa shape index (κ2) is 4.97. The second-order valence-corrected chi connectivity index (χ2v) is 4.33. The van der Waals surface area contributed by atoms with E-state index >= 15 is 0 Å². The molecule has 0 spiro atoms. The van der Waals surface area contributed by atoms with E-state index in [0.29, 0.717) is 13.8 Å². The van der Waals surface area contributed by atoms with Crippen molar-refractivity contribution in [2.24, 2.45) is 5.92 Å². The fourth-order valence-electron chi connectivity index (χ4n) is 0.989. The Hall–Kier alpha value is -1.10. The first kappa shape index (κ1) is 19.9. The highest BCUT2D eigenvalue weighted by molar-refractivity contribution is 5.93. The van der Waals surface area contributed by atoms with Crippen molar-refractivity contribution < 1.29 is 53.1 Å². The molecule has 12 heteroatoms. The van der Waals surface area contributed by atoms with Gasteiger partial charge in [0.05, 0.1) is 0 Å². The summed E-state index contributed by atoms with van der Waals surface area (Å²) in [6.07, 6.45) is -7.17. The van der Waals surface area contributed by atoms with Gasteiger partial charge in [0.25, 0.3) is 5.78 Å². The molecule has 0 atom stereocenters. The van der Waals surface area contributed by atoms with Gasteiger partial charge in [0.2, 0.25) is 0 Å². The topological polar surface area (TPSA) is 17.1 Å². The number of alkyl halides is 11. The smallest absolute Gasteiger partial charge is 0.286 e. The first-order valence-electron chi connectivity index (χ1n) is 4.98. The van der Waals surface area contributed by atoms with Crippen molar-refractivity contribution in [2.45, 2.75) is 43.7 Å². The van der Waals surface area contributed by atoms with Crippen LogP contribution in [0.15, 0.2) is 0 Å². The average molecular weight is 340 g/mol. The van der Waals surface area contributed by atoms with Crippen molar-refractivity contribution in [3.05, 3.63) is 0 Å². The van der Waals surface area contributed by atoms with Crippen LogP contribution in [0.3, 0.4) is 0 Å². The summed E-state index contributed by atoms with van der Waals surface area (Å²) in [6.45, 7) is 0.821. The Morgan fingerprint density at radius 3 is 1.29 bits per heavy atom. The molecule has 0 amide bonds. The molecule has 0 fully saturated rings. The van der Waals surface area contributed by atoms with E-state index < -0.39 is 41.6 Å². The summed E-state index contributed by atoms with van der Waals surface area (Å²) in [5.74, 6) is -33.3. The molecule has 0 heterocycles. The van der Waals surface area contributed by atoms with E-state index in [2.05, 4.69) is 0 Å². The Bertz CT molecular complexity index is 406. The van der Waals surface area contributed by atoms with Crippen LogP contribution in [0, 0.1) is 5.92 Å². The molecule has 0 aliphatic heterocycles. The van der Waals surface area contributed by atoms with Crippen LogP contribution in [-0.2, 0) is 4.79 Å². The molecule has 1 nitrogen and oxygen atoms in total. The molecule has 0 N–H and O–H groups in total. The fraction of sp³-hybridized carbons (Fsp3) is 0.889. The summed E-state index contributed by atoms with van der Waals surface area (Å²) in [5, 5.41) is 0. The van der Waals surface area contributed by atoms with Crippen LogP contribution in [0.1, 0.15) is 13.8 Å². The van der Waals surface area contributed by atoms with Gasteiger partial charge < -0.3 is 0 Å². The molecule has 21 heavy (non-hydrogen) atoms. The Labute approximate surface area is 110 Å². The molecular weight excluding hydrogens is 333 g/mol. The van der Waals surface area contributed by atoms with Crippen LogP contribution in [-0.4, -0.2) is 35.6 Å². The van der Waals surface area contributed by atoms with Gasteiger partial charge in [-0.25, -0.2) is 0 Å². The largest absolute Gasteiger partial charge is 0.460 e. The molecule has 0 aromatic heterocycles. The summed E-state index contributed by atoms with van der Waals surface area (Å²) in [7, 11) is 0. The predicted molar refractivity (Wildman–Crippen MR) is 45.7 cm³/mol. The van der Waals surface area contributed by atoms with Gasteiger partial charge in [-0.05, 0) is 0 Å². The van der Waals surface area contributed by atoms with Crippen LogP contribution in [0.2, 0.25) is 0 Å². The first-order valence-corrected chi connectivity index (χ1v) is 4.98. The summed E-state index contributed by atoms with van der Waals surface area (Å²) in [5.41, 5.74) is 0. The number of Topliss-reactive ketones (excluding diaryl/α,β-unsaturated/α-hetero) is 1. The van der Waals surface area contributed by atoms with E-state index in [0.717, 1.165) is 0 Å². The molecule has 0 radical (unpaired) electrons. The van der Waals surface area contributed by atoms with Gasteiger partial charge in [-0.1, -0.05) is 13.8 Å². The van der Waals surface area contributed by atoms with Crippen LogP contribution >= 0.6 is 0 Å². The molecule has 0 unspecified atom stereocenters. The van der Waals surface area contributed by atoms with Crippen molar-refractivity contribution in [3.8, 4) is 0 Å². The molecule has 0 rings (SSSR count). The van der Waals surface area contributed by atoms with E-state index in [-0.39, 0.29) is 0 Å². The molecule has 0 aromatic rings. The average Bonchev–Trinajstić information content (AvgIpc) is 2.25. The van der Waals surface area contributed by atoms with E-state index in [1.807, 2.05) is 0 Å². The van der Waals surface area contributed by atoms with Gasteiger partial charge in [-0.15, -0.1) is 0 Å². The Kier molecular flexibility index (Phi) is 4.71. The number of halogens is 11. The van der Waals surface area contributed by atoms with E-state index in [4.69, 9.17) is 0 Å². The number of carbonyl (C=O) groups is 1. The number of rotatable bonds is 5. The van der Waals surface area contributed by atoms with Gasteiger partial charge >= 0.3 is 29.9 Å². The van der Waals surface area contributed by atoms with Gasteiger partial charge in [0.1, 0.15) is 0 Å². The highest BCUT2D eigenvalue weighted by Gasteiger charge is 2.85. The number of ketones is 1. The second-order valence-electron chi connectivity index (χ2n) is 4.33. The number of carbonyl (C=O) groups excluding carboxylic acids is 1. The monoisotopic (exact) mass is 340 g/mol. The lowest BCUT2D eigenvalue weighted by molar-refractivity contribution is -0.390. The maximum Gasteiger partial charge on any atom is 0.460 e. The molecule has 0 saturated heterocycles. The van der Waals surface area contributed by atoms with Gasteiger partial charge in [0, 0.05) is 5.92 Å².